The molecule has 92 valence electrons. The minimum absolute atomic E-state index is 0.0435. The van der Waals surface area contributed by atoms with Gasteiger partial charge in [-0.15, -0.1) is 0 Å². The highest BCUT2D eigenvalue weighted by Gasteiger charge is 2.23. The fourth-order valence-corrected chi connectivity index (χ4v) is 2.44. The normalized spacial score (nSPS) is 22.0. The van der Waals surface area contributed by atoms with Gasteiger partial charge in [0, 0.05) is 16.2 Å². The lowest BCUT2D eigenvalue weighted by atomic mass is 10.0. The molecule has 1 aromatic rings. The van der Waals surface area contributed by atoms with Crippen LogP contribution in [0.1, 0.15) is 31.4 Å². The minimum Gasteiger partial charge on any atom is -0.355 e. The molecule has 4 heteroatoms. The SMILES string of the molecule is CC(NC1CCCNC1=O)c1ccc(I)cc1. The monoisotopic (exact) mass is 344 g/mol. The Morgan fingerprint density at radius 1 is 1.41 bits per heavy atom. The highest BCUT2D eigenvalue weighted by Crippen LogP contribution is 2.16. The van der Waals surface area contributed by atoms with E-state index in [1.165, 1.54) is 9.13 Å². The molecule has 3 nitrogen and oxygen atoms in total. The van der Waals surface area contributed by atoms with Gasteiger partial charge < -0.3 is 5.32 Å². The molecule has 0 bridgehead atoms. The van der Waals surface area contributed by atoms with E-state index in [1.54, 1.807) is 0 Å². The van der Waals surface area contributed by atoms with Crippen molar-refractivity contribution >= 4 is 28.5 Å². The van der Waals surface area contributed by atoms with Crippen LogP contribution in [0.25, 0.3) is 0 Å². The van der Waals surface area contributed by atoms with Crippen molar-refractivity contribution in [1.29, 1.82) is 0 Å². The minimum atomic E-state index is -0.0435. The predicted molar refractivity (Wildman–Crippen MR) is 76.7 cm³/mol. The van der Waals surface area contributed by atoms with Crippen molar-refractivity contribution in [2.45, 2.75) is 31.8 Å². The number of halogens is 1. The van der Waals surface area contributed by atoms with Gasteiger partial charge in [0.2, 0.25) is 5.91 Å². The van der Waals surface area contributed by atoms with Gasteiger partial charge in [-0.25, -0.2) is 0 Å². The largest absolute Gasteiger partial charge is 0.355 e. The molecule has 0 radical (unpaired) electrons. The molecule has 1 saturated heterocycles. The van der Waals surface area contributed by atoms with Crippen molar-refractivity contribution in [2.75, 3.05) is 6.54 Å². The molecule has 17 heavy (non-hydrogen) atoms. The summed E-state index contributed by atoms with van der Waals surface area (Å²) in [6, 6.07) is 8.57. The molecule has 1 aromatic carbocycles. The third-order valence-electron chi connectivity index (χ3n) is 3.11. The molecule has 2 rings (SSSR count). The summed E-state index contributed by atoms with van der Waals surface area (Å²) in [6.07, 6.45) is 1.99. The molecule has 2 atom stereocenters. The average Bonchev–Trinajstić information content (AvgIpc) is 2.33. The lowest BCUT2D eigenvalue weighted by molar-refractivity contribution is -0.124. The molecule has 1 aliphatic heterocycles. The maximum absolute atomic E-state index is 11.6. The van der Waals surface area contributed by atoms with Crippen molar-refractivity contribution in [3.63, 3.8) is 0 Å². The summed E-state index contributed by atoms with van der Waals surface area (Å²) in [7, 11) is 0. The van der Waals surface area contributed by atoms with Crippen LogP contribution in [0.15, 0.2) is 24.3 Å². The van der Waals surface area contributed by atoms with E-state index >= 15 is 0 Å². The van der Waals surface area contributed by atoms with E-state index in [2.05, 4.69) is 64.4 Å². The highest BCUT2D eigenvalue weighted by atomic mass is 127. The summed E-state index contributed by atoms with van der Waals surface area (Å²) >= 11 is 2.29. The van der Waals surface area contributed by atoms with Gasteiger partial charge in [0.05, 0.1) is 6.04 Å². The lowest BCUT2D eigenvalue weighted by Gasteiger charge is -2.26. The van der Waals surface area contributed by atoms with Gasteiger partial charge in [-0.2, -0.15) is 0 Å². The summed E-state index contributed by atoms with van der Waals surface area (Å²) in [5.41, 5.74) is 1.23. The first-order valence-electron chi connectivity index (χ1n) is 5.96. The average molecular weight is 344 g/mol. The Balaban J connectivity index is 1.98. The Labute approximate surface area is 116 Å². The van der Waals surface area contributed by atoms with Crippen molar-refractivity contribution in [3.05, 3.63) is 33.4 Å². The van der Waals surface area contributed by atoms with E-state index in [4.69, 9.17) is 0 Å². The Morgan fingerprint density at radius 3 is 2.76 bits per heavy atom. The molecule has 0 saturated carbocycles. The summed E-state index contributed by atoms with van der Waals surface area (Å²) in [6.45, 7) is 2.92. The molecule has 1 heterocycles. The molecular weight excluding hydrogens is 327 g/mol. The van der Waals surface area contributed by atoms with Gasteiger partial charge in [-0.05, 0) is 60.1 Å². The van der Waals surface area contributed by atoms with E-state index in [9.17, 15) is 4.79 Å². The number of nitrogens with one attached hydrogen (secondary N) is 2. The van der Waals surface area contributed by atoms with Gasteiger partial charge >= 0.3 is 0 Å². The first kappa shape index (κ1) is 12.8. The molecule has 0 aliphatic carbocycles. The third kappa shape index (κ3) is 3.42. The van der Waals surface area contributed by atoms with Crippen LogP contribution < -0.4 is 10.6 Å². The molecule has 0 spiro atoms. The maximum Gasteiger partial charge on any atom is 0.237 e. The van der Waals surface area contributed by atoms with E-state index in [-0.39, 0.29) is 18.0 Å². The van der Waals surface area contributed by atoms with E-state index in [1.807, 2.05) is 0 Å². The Bertz CT molecular complexity index is 391. The van der Waals surface area contributed by atoms with Crippen LogP contribution in [-0.4, -0.2) is 18.5 Å². The fraction of sp³-hybridized carbons (Fsp3) is 0.462. The number of amides is 1. The van der Waals surface area contributed by atoms with Crippen molar-refractivity contribution in [1.82, 2.24) is 10.6 Å². The van der Waals surface area contributed by atoms with Crippen LogP contribution in [0.2, 0.25) is 0 Å². The van der Waals surface area contributed by atoms with Gasteiger partial charge in [-0.1, -0.05) is 12.1 Å². The molecular formula is C13H17IN2O. The van der Waals surface area contributed by atoms with Crippen LogP contribution in [0.3, 0.4) is 0 Å². The van der Waals surface area contributed by atoms with Gasteiger partial charge in [0.1, 0.15) is 0 Å². The second-order valence-electron chi connectivity index (χ2n) is 4.43. The number of carbonyl (C=O) groups is 1. The Hall–Kier alpha value is -0.620. The molecule has 1 aliphatic rings. The van der Waals surface area contributed by atoms with Gasteiger partial charge in [-0.3, -0.25) is 10.1 Å². The second kappa shape index (κ2) is 5.82. The predicted octanol–water partition coefficient (Wildman–Crippen LogP) is 2.22. The molecule has 2 unspecified atom stereocenters. The molecule has 0 aromatic heterocycles. The lowest BCUT2D eigenvalue weighted by Crippen LogP contribution is -2.48. The van der Waals surface area contributed by atoms with Gasteiger partial charge in [0.15, 0.2) is 0 Å². The maximum atomic E-state index is 11.6. The first-order valence-corrected chi connectivity index (χ1v) is 7.04. The van der Waals surface area contributed by atoms with Crippen LogP contribution >= 0.6 is 22.6 Å². The number of hydrogen-bond acceptors (Lipinski definition) is 2. The van der Waals surface area contributed by atoms with E-state index in [0.29, 0.717) is 0 Å². The smallest absolute Gasteiger partial charge is 0.237 e. The molecule has 1 fully saturated rings. The first-order chi connectivity index (χ1) is 8.16. The van der Waals surface area contributed by atoms with Crippen LogP contribution in [0, 0.1) is 3.57 Å². The number of hydrogen-bond donors (Lipinski definition) is 2. The third-order valence-corrected chi connectivity index (χ3v) is 3.83. The standard InChI is InChI=1S/C13H17IN2O/c1-9(10-4-6-11(14)7-5-10)16-12-3-2-8-15-13(12)17/h4-7,9,12,16H,2-3,8H2,1H3,(H,15,17). The fourth-order valence-electron chi connectivity index (χ4n) is 2.08. The Kier molecular flexibility index (Phi) is 4.39. The zero-order valence-corrected chi connectivity index (χ0v) is 12.0. The van der Waals surface area contributed by atoms with Crippen molar-refractivity contribution < 1.29 is 4.79 Å². The summed E-state index contributed by atoms with van der Waals surface area (Å²) in [5.74, 6) is 0.133. The molecule has 2 N–H and O–H groups in total. The van der Waals surface area contributed by atoms with Crippen LogP contribution in [0.5, 0.6) is 0 Å². The van der Waals surface area contributed by atoms with Crippen molar-refractivity contribution in [3.8, 4) is 0 Å². The van der Waals surface area contributed by atoms with Crippen LogP contribution in [-0.2, 0) is 4.79 Å². The topological polar surface area (TPSA) is 41.1 Å². The van der Waals surface area contributed by atoms with Gasteiger partial charge in [0.25, 0.3) is 0 Å². The number of benzene rings is 1. The Morgan fingerprint density at radius 2 is 2.12 bits per heavy atom. The quantitative estimate of drug-likeness (QED) is 0.826. The van der Waals surface area contributed by atoms with E-state index in [0.717, 1.165) is 19.4 Å². The summed E-state index contributed by atoms with van der Waals surface area (Å²) in [5, 5.41) is 6.29. The number of piperidine rings is 1. The number of rotatable bonds is 3. The highest BCUT2D eigenvalue weighted by molar-refractivity contribution is 14.1. The summed E-state index contributed by atoms with van der Waals surface area (Å²) in [4.78, 5) is 11.6. The zero-order valence-electron chi connectivity index (χ0n) is 9.87. The molecule has 1 amide bonds. The second-order valence-corrected chi connectivity index (χ2v) is 5.67. The number of carbonyl (C=O) groups excluding carboxylic acids is 1. The summed E-state index contributed by atoms with van der Waals surface area (Å²) < 4.78 is 1.23. The van der Waals surface area contributed by atoms with Crippen molar-refractivity contribution in [2.24, 2.45) is 0 Å². The zero-order chi connectivity index (χ0) is 12.3. The van der Waals surface area contributed by atoms with Crippen LogP contribution in [0.4, 0.5) is 0 Å². The van der Waals surface area contributed by atoms with E-state index < -0.39 is 0 Å².